The minimum absolute atomic E-state index is 0.0162. The first-order chi connectivity index (χ1) is 13.4. The second-order valence-corrected chi connectivity index (χ2v) is 7.27. The topological polar surface area (TPSA) is 121 Å². The molecule has 1 N–H and O–H groups in total. The van der Waals surface area contributed by atoms with Gasteiger partial charge in [-0.15, -0.1) is 0 Å². The Morgan fingerprint density at radius 3 is 2.18 bits per heavy atom. The summed E-state index contributed by atoms with van der Waals surface area (Å²) < 4.78 is 43.4. The van der Waals surface area contributed by atoms with Gasteiger partial charge in [0.15, 0.2) is 10.1 Å². The molecule has 1 amide bonds. The third-order valence-corrected chi connectivity index (χ3v) is 4.87. The molecule has 4 rings (SSSR count). The van der Waals surface area contributed by atoms with Crippen LogP contribution in [0.4, 0.5) is 0 Å². The summed E-state index contributed by atoms with van der Waals surface area (Å²) in [5.41, 5.74) is 3.82. The van der Waals surface area contributed by atoms with Crippen LogP contribution in [-0.2, 0) is 14.9 Å². The van der Waals surface area contributed by atoms with Gasteiger partial charge in [0, 0.05) is 11.1 Å². The molecule has 2 aromatic carbocycles. The maximum absolute atomic E-state index is 12.8. The lowest BCUT2D eigenvalue weighted by atomic mass is 9.87. The molecular weight excluding hydrogens is 384 g/mol. The van der Waals surface area contributed by atoms with E-state index >= 15 is 0 Å². The predicted molar refractivity (Wildman–Crippen MR) is 97.2 cm³/mol. The second-order valence-electron chi connectivity index (χ2n) is 5.96. The van der Waals surface area contributed by atoms with Gasteiger partial charge in [-0.2, -0.15) is 5.10 Å². The van der Waals surface area contributed by atoms with Crippen molar-refractivity contribution in [3.63, 3.8) is 0 Å². The Morgan fingerprint density at radius 2 is 1.61 bits per heavy atom. The standard InChI is InChI=1S/C19H14N2O6S/c22-19(21-20-11-12-9-10-17(26-12)28(23,24)25)18-13-5-1-3-7-15(13)27-16-8-4-2-6-14(16)18/h1-11,18H,(H,21,22)(H,23,24,25)/p-1/b20-11-. The van der Waals surface area contributed by atoms with Gasteiger partial charge in [-0.3, -0.25) is 4.79 Å². The van der Waals surface area contributed by atoms with Gasteiger partial charge in [-0.05, 0) is 24.3 Å². The van der Waals surface area contributed by atoms with E-state index in [1.165, 1.54) is 6.07 Å². The first kappa shape index (κ1) is 18.0. The molecule has 0 radical (unpaired) electrons. The predicted octanol–water partition coefficient (Wildman–Crippen LogP) is 2.57. The summed E-state index contributed by atoms with van der Waals surface area (Å²) >= 11 is 0. The fourth-order valence-electron chi connectivity index (χ4n) is 2.95. The highest BCUT2D eigenvalue weighted by Gasteiger charge is 2.32. The number of hydrogen-bond donors (Lipinski definition) is 1. The lowest BCUT2D eigenvalue weighted by Crippen LogP contribution is -2.28. The molecule has 9 heteroatoms. The smallest absolute Gasteiger partial charge is 0.252 e. The molecule has 0 atom stereocenters. The van der Waals surface area contributed by atoms with E-state index in [2.05, 4.69) is 10.5 Å². The summed E-state index contributed by atoms with van der Waals surface area (Å²) in [5.74, 6) is 0.154. The number of hydrogen-bond acceptors (Lipinski definition) is 7. The van der Waals surface area contributed by atoms with Gasteiger partial charge < -0.3 is 13.7 Å². The Labute approximate surface area is 160 Å². The summed E-state index contributed by atoms with van der Waals surface area (Å²) in [4.78, 5) is 12.8. The molecule has 2 heterocycles. The highest BCUT2D eigenvalue weighted by atomic mass is 32.2. The zero-order chi connectivity index (χ0) is 19.7. The number of nitrogens with one attached hydrogen (secondary N) is 1. The molecule has 8 nitrogen and oxygen atoms in total. The van der Waals surface area contributed by atoms with Gasteiger partial charge in [0.2, 0.25) is 5.09 Å². The Kier molecular flexibility index (Phi) is 4.46. The maximum atomic E-state index is 12.8. The fourth-order valence-corrected chi connectivity index (χ4v) is 3.39. The fraction of sp³-hybridized carbons (Fsp3) is 0.0526. The van der Waals surface area contributed by atoms with E-state index in [0.717, 1.165) is 12.3 Å². The summed E-state index contributed by atoms with van der Waals surface area (Å²) in [6, 6.07) is 16.7. The molecule has 142 valence electrons. The highest BCUT2D eigenvalue weighted by molar-refractivity contribution is 7.85. The second kappa shape index (κ2) is 6.95. The Hall–Kier alpha value is -3.43. The lowest BCUT2D eigenvalue weighted by Gasteiger charge is -2.26. The monoisotopic (exact) mass is 397 g/mol. The third-order valence-electron chi connectivity index (χ3n) is 4.16. The van der Waals surface area contributed by atoms with Crippen molar-refractivity contribution in [1.29, 1.82) is 0 Å². The molecule has 0 aliphatic carbocycles. The lowest BCUT2D eigenvalue weighted by molar-refractivity contribution is -0.121. The zero-order valence-electron chi connectivity index (χ0n) is 14.2. The molecule has 1 aromatic heterocycles. The number of nitrogens with zero attached hydrogens (tertiary/aromatic N) is 1. The van der Waals surface area contributed by atoms with Gasteiger partial charge in [-0.25, -0.2) is 13.8 Å². The van der Waals surface area contributed by atoms with E-state index in [-0.39, 0.29) is 5.76 Å². The van der Waals surface area contributed by atoms with E-state index in [0.29, 0.717) is 22.6 Å². The summed E-state index contributed by atoms with van der Waals surface area (Å²) in [6.07, 6.45) is 1.11. The molecule has 1 aliphatic heterocycles. The number of carbonyl (C=O) groups excluding carboxylic acids is 1. The van der Waals surface area contributed by atoms with Crippen molar-refractivity contribution >= 4 is 22.2 Å². The number of rotatable bonds is 4. The Morgan fingerprint density at radius 1 is 1.00 bits per heavy atom. The van der Waals surface area contributed by atoms with Gasteiger partial charge in [0.05, 0.1) is 12.1 Å². The molecule has 0 saturated carbocycles. The zero-order valence-corrected chi connectivity index (χ0v) is 15.0. The molecule has 3 aromatic rings. The van der Waals surface area contributed by atoms with Crippen LogP contribution in [0.25, 0.3) is 0 Å². The van der Waals surface area contributed by atoms with E-state index in [4.69, 9.17) is 9.15 Å². The minimum atomic E-state index is -4.69. The number of benzene rings is 2. The number of furan rings is 1. The number of fused-ring (bicyclic) bond motifs is 2. The Balaban J connectivity index is 1.58. The van der Waals surface area contributed by atoms with Gasteiger partial charge >= 0.3 is 0 Å². The first-order valence-electron chi connectivity index (χ1n) is 8.18. The van der Waals surface area contributed by atoms with Gasteiger partial charge in [0.25, 0.3) is 5.91 Å². The van der Waals surface area contributed by atoms with Crippen molar-refractivity contribution in [3.05, 3.63) is 77.6 Å². The van der Waals surface area contributed by atoms with E-state index < -0.39 is 27.0 Å². The van der Waals surface area contributed by atoms with Crippen LogP contribution in [0.2, 0.25) is 0 Å². The summed E-state index contributed by atoms with van der Waals surface area (Å²) in [5, 5.41) is 3.09. The van der Waals surface area contributed by atoms with Crippen molar-refractivity contribution in [2.24, 2.45) is 5.10 Å². The number of para-hydroxylation sites is 2. The normalized spacial score (nSPS) is 13.6. The molecule has 1 aliphatic rings. The quantitative estimate of drug-likeness (QED) is 0.410. The minimum Gasteiger partial charge on any atom is -0.742 e. The third kappa shape index (κ3) is 3.40. The first-order valence-corrected chi connectivity index (χ1v) is 9.58. The van der Waals surface area contributed by atoms with E-state index in [1.54, 1.807) is 24.3 Å². The number of ether oxygens (including phenoxy) is 1. The van der Waals surface area contributed by atoms with E-state index in [9.17, 15) is 17.8 Å². The molecule has 0 saturated heterocycles. The van der Waals surface area contributed by atoms with Crippen molar-refractivity contribution in [3.8, 4) is 11.5 Å². The van der Waals surface area contributed by atoms with Crippen LogP contribution in [0.5, 0.6) is 11.5 Å². The van der Waals surface area contributed by atoms with Crippen LogP contribution in [0.15, 0.2) is 75.3 Å². The molecule has 28 heavy (non-hydrogen) atoms. The average molecular weight is 397 g/mol. The number of hydrazone groups is 1. The Bertz CT molecular complexity index is 1140. The summed E-state index contributed by atoms with van der Waals surface area (Å²) in [7, 11) is -4.69. The maximum Gasteiger partial charge on any atom is 0.252 e. The summed E-state index contributed by atoms with van der Waals surface area (Å²) in [6.45, 7) is 0. The molecule has 0 bridgehead atoms. The average Bonchev–Trinajstić information content (AvgIpc) is 3.15. The molecule has 0 fully saturated rings. The molecular formula is C19H13N2O6S-. The highest BCUT2D eigenvalue weighted by Crippen LogP contribution is 2.43. The van der Waals surface area contributed by atoms with Crippen molar-refractivity contribution in [2.45, 2.75) is 11.0 Å². The van der Waals surface area contributed by atoms with Crippen molar-refractivity contribution < 1.29 is 26.9 Å². The SMILES string of the molecule is O=C(N/N=C\c1ccc(S(=O)(=O)[O-])o1)C1c2ccccc2Oc2ccccc21. The van der Waals surface area contributed by atoms with E-state index in [1.807, 2.05) is 24.3 Å². The molecule has 0 spiro atoms. The number of amides is 1. The molecule has 0 unspecified atom stereocenters. The van der Waals surface area contributed by atoms with Crippen molar-refractivity contribution in [1.82, 2.24) is 5.43 Å². The van der Waals surface area contributed by atoms with Crippen LogP contribution in [0.1, 0.15) is 22.8 Å². The van der Waals surface area contributed by atoms with Gasteiger partial charge in [0.1, 0.15) is 17.3 Å². The largest absolute Gasteiger partial charge is 0.742 e. The van der Waals surface area contributed by atoms with Crippen molar-refractivity contribution in [2.75, 3.05) is 0 Å². The van der Waals surface area contributed by atoms with Crippen LogP contribution in [-0.4, -0.2) is 25.1 Å². The van der Waals surface area contributed by atoms with Crippen LogP contribution in [0.3, 0.4) is 0 Å². The number of carbonyl (C=O) groups is 1. The van der Waals surface area contributed by atoms with Crippen LogP contribution in [0, 0.1) is 0 Å². The van der Waals surface area contributed by atoms with Crippen LogP contribution < -0.4 is 10.2 Å². The van der Waals surface area contributed by atoms with Crippen LogP contribution >= 0.6 is 0 Å². The van der Waals surface area contributed by atoms with Gasteiger partial charge in [-0.1, -0.05) is 36.4 Å².